The van der Waals surface area contributed by atoms with E-state index in [2.05, 4.69) is 5.16 Å². The Bertz CT molecular complexity index is 195. The lowest BCUT2D eigenvalue weighted by atomic mass is 10.2. The molecule has 0 aromatic heterocycles. The number of hydrogen-bond acceptors (Lipinski definition) is 3. The van der Waals surface area contributed by atoms with E-state index in [9.17, 15) is 4.79 Å². The highest BCUT2D eigenvalue weighted by atomic mass is 16.4. The van der Waals surface area contributed by atoms with E-state index in [1.807, 2.05) is 0 Å². The van der Waals surface area contributed by atoms with Crippen molar-refractivity contribution in [3.8, 4) is 0 Å². The topological polar surface area (TPSA) is 49.7 Å². The Labute approximate surface area is 52.0 Å². The Morgan fingerprint density at radius 1 is 1.22 bits per heavy atom. The van der Waals surface area contributed by atoms with Gasteiger partial charge in [-0.15, -0.1) is 0 Å². The summed E-state index contributed by atoms with van der Waals surface area (Å²) in [5.74, 6) is -0.0811. The summed E-state index contributed by atoms with van der Waals surface area (Å²) in [6.45, 7) is 0. The highest BCUT2D eigenvalue weighted by Crippen LogP contribution is 1.93. The van der Waals surface area contributed by atoms with Gasteiger partial charge in [-0.1, -0.05) is 5.16 Å². The maximum absolute atomic E-state index is 10.4. The van der Waals surface area contributed by atoms with Crippen LogP contribution in [-0.2, 0) is 4.79 Å². The molecule has 3 heteroatoms. The summed E-state index contributed by atoms with van der Waals surface area (Å²) in [6.07, 6.45) is 5.58. The van der Waals surface area contributed by atoms with Gasteiger partial charge < -0.3 is 5.21 Å². The fourth-order valence-electron chi connectivity index (χ4n) is 0.513. The average molecular weight is 123 g/mol. The molecule has 0 aromatic rings. The molecule has 1 N–H and O–H groups in total. The molecule has 0 unspecified atom stereocenters. The summed E-state index contributed by atoms with van der Waals surface area (Å²) in [4.78, 5) is 10.4. The Kier molecular flexibility index (Phi) is 1.44. The zero-order chi connectivity index (χ0) is 6.69. The van der Waals surface area contributed by atoms with Crippen molar-refractivity contribution in [2.24, 2.45) is 5.16 Å². The Balaban J connectivity index is 2.82. The van der Waals surface area contributed by atoms with Crippen LogP contribution in [0.3, 0.4) is 0 Å². The summed E-state index contributed by atoms with van der Waals surface area (Å²) in [5, 5.41) is 11.0. The van der Waals surface area contributed by atoms with Crippen molar-refractivity contribution < 1.29 is 10.0 Å². The smallest absolute Gasteiger partial charge is 0.178 e. The van der Waals surface area contributed by atoms with Gasteiger partial charge in [-0.25, -0.2) is 0 Å². The first kappa shape index (κ1) is 5.75. The van der Waals surface area contributed by atoms with E-state index in [1.54, 1.807) is 0 Å². The third kappa shape index (κ3) is 1.25. The monoisotopic (exact) mass is 123 g/mol. The third-order valence-corrected chi connectivity index (χ3v) is 0.952. The first-order chi connectivity index (χ1) is 4.33. The van der Waals surface area contributed by atoms with E-state index in [1.165, 1.54) is 24.3 Å². The quantitative estimate of drug-likeness (QED) is 0.290. The molecule has 0 saturated carbocycles. The van der Waals surface area contributed by atoms with E-state index >= 15 is 0 Å². The number of allylic oxidation sites excluding steroid dienone is 4. The van der Waals surface area contributed by atoms with Crippen LogP contribution in [0.4, 0.5) is 0 Å². The number of carbonyl (C=O) groups is 1. The van der Waals surface area contributed by atoms with Crippen LogP contribution in [0.15, 0.2) is 29.5 Å². The minimum atomic E-state index is -0.0811. The van der Waals surface area contributed by atoms with Gasteiger partial charge in [0.25, 0.3) is 0 Å². The maximum atomic E-state index is 10.4. The van der Waals surface area contributed by atoms with Gasteiger partial charge in [0.1, 0.15) is 5.71 Å². The lowest BCUT2D eigenvalue weighted by Gasteiger charge is -1.92. The number of oxime groups is 1. The minimum Gasteiger partial charge on any atom is -0.410 e. The molecular weight excluding hydrogens is 118 g/mol. The van der Waals surface area contributed by atoms with Crippen molar-refractivity contribution in [3.63, 3.8) is 0 Å². The molecule has 0 atom stereocenters. The van der Waals surface area contributed by atoms with Crippen LogP contribution in [-0.4, -0.2) is 16.7 Å². The van der Waals surface area contributed by atoms with Crippen molar-refractivity contribution >= 4 is 11.5 Å². The predicted octanol–water partition coefficient (Wildman–Crippen LogP) is 0.512. The van der Waals surface area contributed by atoms with E-state index in [0.29, 0.717) is 5.71 Å². The van der Waals surface area contributed by atoms with Gasteiger partial charge in [0.2, 0.25) is 0 Å². The average Bonchev–Trinajstić information content (AvgIpc) is 1.90. The summed E-state index contributed by atoms with van der Waals surface area (Å²) in [7, 11) is 0. The lowest BCUT2D eigenvalue weighted by Crippen LogP contribution is -1.98. The second kappa shape index (κ2) is 2.26. The summed E-state index contributed by atoms with van der Waals surface area (Å²) < 4.78 is 0. The first-order valence-electron chi connectivity index (χ1n) is 2.45. The molecule has 0 aromatic carbocycles. The van der Waals surface area contributed by atoms with E-state index in [0.717, 1.165) is 0 Å². The molecule has 0 heterocycles. The predicted molar refractivity (Wildman–Crippen MR) is 32.5 cm³/mol. The number of ketones is 1. The Morgan fingerprint density at radius 3 is 2.22 bits per heavy atom. The number of rotatable bonds is 0. The summed E-state index contributed by atoms with van der Waals surface area (Å²) in [6, 6.07) is 0. The van der Waals surface area contributed by atoms with Crippen molar-refractivity contribution in [1.29, 1.82) is 0 Å². The SMILES string of the molecule is O=C1C=CC(=NO)C=C1. The number of hydrogen-bond donors (Lipinski definition) is 1. The maximum Gasteiger partial charge on any atom is 0.178 e. The largest absolute Gasteiger partial charge is 0.410 e. The molecule has 0 amide bonds. The number of carbonyl (C=O) groups excluding carboxylic acids is 1. The van der Waals surface area contributed by atoms with Crippen LogP contribution in [0.2, 0.25) is 0 Å². The van der Waals surface area contributed by atoms with E-state index < -0.39 is 0 Å². The third-order valence-electron chi connectivity index (χ3n) is 0.952. The molecule has 9 heavy (non-hydrogen) atoms. The first-order valence-corrected chi connectivity index (χ1v) is 2.45. The standard InChI is InChI=1S/C6H5NO2/c8-6-3-1-5(7-9)2-4-6/h1-4,9H. The molecule has 46 valence electrons. The fourth-order valence-corrected chi connectivity index (χ4v) is 0.513. The fraction of sp³-hybridized carbons (Fsp3) is 0. The molecule has 0 aliphatic heterocycles. The molecule has 0 spiro atoms. The van der Waals surface area contributed by atoms with Crippen LogP contribution in [0.25, 0.3) is 0 Å². The molecule has 3 nitrogen and oxygen atoms in total. The van der Waals surface area contributed by atoms with E-state index in [-0.39, 0.29) is 5.78 Å². The van der Waals surface area contributed by atoms with E-state index in [4.69, 9.17) is 5.21 Å². The second-order valence-electron chi connectivity index (χ2n) is 1.59. The van der Waals surface area contributed by atoms with Gasteiger partial charge in [0.15, 0.2) is 5.78 Å². The zero-order valence-electron chi connectivity index (χ0n) is 4.61. The molecule has 0 radical (unpaired) electrons. The molecule has 1 aliphatic rings. The van der Waals surface area contributed by atoms with Gasteiger partial charge >= 0.3 is 0 Å². The van der Waals surface area contributed by atoms with Gasteiger partial charge in [0.05, 0.1) is 0 Å². The molecule has 0 saturated heterocycles. The molecule has 0 fully saturated rings. The minimum absolute atomic E-state index is 0.0811. The Hall–Kier alpha value is -1.38. The van der Waals surface area contributed by atoms with Gasteiger partial charge in [-0.2, -0.15) is 0 Å². The van der Waals surface area contributed by atoms with Gasteiger partial charge in [-0.05, 0) is 24.3 Å². The highest BCUT2D eigenvalue weighted by molar-refractivity contribution is 6.16. The highest BCUT2D eigenvalue weighted by Gasteiger charge is 1.97. The van der Waals surface area contributed by atoms with Crippen LogP contribution in [0.5, 0.6) is 0 Å². The molecule has 0 bridgehead atoms. The zero-order valence-corrected chi connectivity index (χ0v) is 4.61. The summed E-state index contributed by atoms with van der Waals surface area (Å²) in [5.41, 5.74) is 0.398. The lowest BCUT2D eigenvalue weighted by molar-refractivity contribution is -0.110. The van der Waals surface area contributed by atoms with Crippen LogP contribution in [0, 0.1) is 0 Å². The molecular formula is C6H5NO2. The van der Waals surface area contributed by atoms with Crippen LogP contribution < -0.4 is 0 Å². The normalized spacial score (nSPS) is 16.4. The molecule has 1 rings (SSSR count). The van der Waals surface area contributed by atoms with Crippen molar-refractivity contribution in [1.82, 2.24) is 0 Å². The summed E-state index contributed by atoms with van der Waals surface area (Å²) >= 11 is 0. The Morgan fingerprint density at radius 2 is 1.78 bits per heavy atom. The number of nitrogens with zero attached hydrogens (tertiary/aromatic N) is 1. The van der Waals surface area contributed by atoms with Gasteiger partial charge in [-0.3, -0.25) is 4.79 Å². The van der Waals surface area contributed by atoms with Crippen LogP contribution >= 0.6 is 0 Å². The van der Waals surface area contributed by atoms with Crippen LogP contribution in [0.1, 0.15) is 0 Å². The van der Waals surface area contributed by atoms with Crippen molar-refractivity contribution in [3.05, 3.63) is 24.3 Å². The van der Waals surface area contributed by atoms with Gasteiger partial charge in [0, 0.05) is 0 Å². The second-order valence-corrected chi connectivity index (χ2v) is 1.59. The van der Waals surface area contributed by atoms with Crippen molar-refractivity contribution in [2.75, 3.05) is 0 Å². The van der Waals surface area contributed by atoms with Crippen molar-refractivity contribution in [2.45, 2.75) is 0 Å². The molecule has 1 aliphatic carbocycles.